The SMILES string of the molecule is CCCCN=C(C(=NCCCC)c1ccccc1)c1ccccc1. The third-order valence-electron chi connectivity index (χ3n) is 3.88. The van der Waals surface area contributed by atoms with Gasteiger partial charge in [-0.3, -0.25) is 9.98 Å². The lowest BCUT2D eigenvalue weighted by Gasteiger charge is -2.12. The van der Waals surface area contributed by atoms with Gasteiger partial charge in [0.2, 0.25) is 0 Å². The van der Waals surface area contributed by atoms with Gasteiger partial charge in [-0.05, 0) is 12.8 Å². The van der Waals surface area contributed by atoms with Gasteiger partial charge < -0.3 is 0 Å². The van der Waals surface area contributed by atoms with Crippen molar-refractivity contribution in [3.8, 4) is 0 Å². The monoisotopic (exact) mass is 320 g/mol. The van der Waals surface area contributed by atoms with E-state index in [0.29, 0.717) is 0 Å². The topological polar surface area (TPSA) is 24.7 Å². The molecule has 2 rings (SSSR count). The summed E-state index contributed by atoms with van der Waals surface area (Å²) in [6, 6.07) is 20.9. The van der Waals surface area contributed by atoms with Crippen LogP contribution in [0, 0.1) is 0 Å². The Morgan fingerprint density at radius 1 is 0.625 bits per heavy atom. The molecule has 0 fully saturated rings. The molecule has 0 saturated heterocycles. The second-order valence-corrected chi connectivity index (χ2v) is 5.90. The Labute approximate surface area is 146 Å². The van der Waals surface area contributed by atoms with E-state index in [2.05, 4.69) is 62.4 Å². The number of benzene rings is 2. The molecule has 0 bridgehead atoms. The molecule has 0 atom stereocenters. The molecule has 0 aliphatic carbocycles. The predicted molar refractivity (Wildman–Crippen MR) is 106 cm³/mol. The lowest BCUT2D eigenvalue weighted by molar-refractivity contribution is 0.805. The van der Waals surface area contributed by atoms with Crippen LogP contribution >= 0.6 is 0 Å². The van der Waals surface area contributed by atoms with Crippen molar-refractivity contribution in [1.82, 2.24) is 0 Å². The Hall–Kier alpha value is -2.22. The van der Waals surface area contributed by atoms with Crippen LogP contribution in [0.3, 0.4) is 0 Å². The zero-order chi connectivity index (χ0) is 17.0. The van der Waals surface area contributed by atoms with Gasteiger partial charge in [0, 0.05) is 24.2 Å². The molecule has 0 heterocycles. The highest BCUT2D eigenvalue weighted by atomic mass is 14.8. The summed E-state index contributed by atoms with van der Waals surface area (Å²) >= 11 is 0. The van der Waals surface area contributed by atoms with Gasteiger partial charge in [-0.15, -0.1) is 0 Å². The predicted octanol–water partition coefficient (Wildman–Crippen LogP) is 5.57. The van der Waals surface area contributed by atoms with Gasteiger partial charge >= 0.3 is 0 Å². The van der Waals surface area contributed by atoms with Gasteiger partial charge in [-0.1, -0.05) is 87.4 Å². The van der Waals surface area contributed by atoms with E-state index in [1.807, 2.05) is 12.1 Å². The fourth-order valence-electron chi connectivity index (χ4n) is 2.50. The van der Waals surface area contributed by atoms with Gasteiger partial charge in [0.05, 0.1) is 11.4 Å². The number of unbranched alkanes of at least 4 members (excludes halogenated alkanes) is 2. The molecule has 0 amide bonds. The third kappa shape index (κ3) is 5.45. The number of aliphatic imine (C=N–C) groups is 2. The Kier molecular flexibility index (Phi) is 7.96. The first-order valence-electron chi connectivity index (χ1n) is 9.07. The fraction of sp³-hybridized carbons (Fsp3) is 0.364. The van der Waals surface area contributed by atoms with E-state index in [9.17, 15) is 0 Å². The Bertz CT molecular complexity index is 583. The zero-order valence-corrected chi connectivity index (χ0v) is 14.9. The highest BCUT2D eigenvalue weighted by molar-refractivity contribution is 6.53. The maximum atomic E-state index is 4.93. The molecule has 2 aromatic rings. The average Bonchev–Trinajstić information content (AvgIpc) is 2.65. The number of rotatable bonds is 9. The van der Waals surface area contributed by atoms with Crippen molar-refractivity contribution in [2.24, 2.45) is 9.98 Å². The van der Waals surface area contributed by atoms with Crippen LogP contribution in [0.2, 0.25) is 0 Å². The summed E-state index contributed by atoms with van der Waals surface area (Å²) in [5, 5.41) is 0. The summed E-state index contributed by atoms with van der Waals surface area (Å²) < 4.78 is 0. The second-order valence-electron chi connectivity index (χ2n) is 5.90. The van der Waals surface area contributed by atoms with Crippen LogP contribution in [0.1, 0.15) is 50.7 Å². The fourth-order valence-corrected chi connectivity index (χ4v) is 2.50. The quantitative estimate of drug-likeness (QED) is 0.426. The largest absolute Gasteiger partial charge is 0.282 e. The lowest BCUT2D eigenvalue weighted by atomic mass is 9.99. The Balaban J connectivity index is 2.44. The van der Waals surface area contributed by atoms with E-state index in [4.69, 9.17) is 9.98 Å². The molecule has 2 nitrogen and oxygen atoms in total. The van der Waals surface area contributed by atoms with Gasteiger partial charge in [-0.2, -0.15) is 0 Å². The molecule has 0 N–H and O–H groups in total. The second kappa shape index (κ2) is 10.5. The van der Waals surface area contributed by atoms with E-state index in [1.54, 1.807) is 0 Å². The molecule has 2 aromatic carbocycles. The maximum Gasteiger partial charge on any atom is 0.0904 e. The molecular weight excluding hydrogens is 292 g/mol. The van der Waals surface area contributed by atoms with Crippen LogP contribution in [0.4, 0.5) is 0 Å². The number of nitrogens with zero attached hydrogens (tertiary/aromatic N) is 2. The highest BCUT2D eigenvalue weighted by Crippen LogP contribution is 2.12. The van der Waals surface area contributed by atoms with Crippen LogP contribution < -0.4 is 0 Å². The molecule has 0 spiro atoms. The summed E-state index contributed by atoms with van der Waals surface area (Å²) in [5.41, 5.74) is 4.33. The van der Waals surface area contributed by atoms with Crippen LogP contribution in [0.25, 0.3) is 0 Å². The summed E-state index contributed by atoms with van der Waals surface area (Å²) in [5.74, 6) is 0. The summed E-state index contributed by atoms with van der Waals surface area (Å²) in [6.45, 7) is 6.09. The first kappa shape index (κ1) is 18.1. The summed E-state index contributed by atoms with van der Waals surface area (Å²) in [6.07, 6.45) is 4.51. The van der Waals surface area contributed by atoms with Crippen LogP contribution in [0.5, 0.6) is 0 Å². The maximum absolute atomic E-state index is 4.93. The highest BCUT2D eigenvalue weighted by Gasteiger charge is 2.13. The molecule has 126 valence electrons. The van der Waals surface area contributed by atoms with E-state index in [-0.39, 0.29) is 0 Å². The molecular formula is C22H28N2. The van der Waals surface area contributed by atoms with Gasteiger partial charge in [0.15, 0.2) is 0 Å². The molecule has 24 heavy (non-hydrogen) atoms. The molecule has 0 saturated carbocycles. The zero-order valence-electron chi connectivity index (χ0n) is 14.9. The molecule has 0 unspecified atom stereocenters. The minimum atomic E-state index is 0.848. The van der Waals surface area contributed by atoms with Crippen molar-refractivity contribution in [2.45, 2.75) is 39.5 Å². The number of hydrogen-bond acceptors (Lipinski definition) is 2. The van der Waals surface area contributed by atoms with Crippen LogP contribution in [0.15, 0.2) is 70.6 Å². The summed E-state index contributed by atoms with van der Waals surface area (Å²) in [7, 11) is 0. The molecule has 0 radical (unpaired) electrons. The first-order valence-corrected chi connectivity index (χ1v) is 9.07. The molecule has 2 heteroatoms. The van der Waals surface area contributed by atoms with Crippen LogP contribution in [-0.2, 0) is 0 Å². The van der Waals surface area contributed by atoms with Crippen molar-refractivity contribution in [3.05, 3.63) is 71.8 Å². The van der Waals surface area contributed by atoms with E-state index in [1.165, 1.54) is 0 Å². The normalized spacial score (nSPS) is 12.4. The van der Waals surface area contributed by atoms with Gasteiger partial charge in [-0.25, -0.2) is 0 Å². The standard InChI is InChI=1S/C22H28N2/c1-3-5-17-23-21(19-13-9-7-10-14-19)22(24-18-6-4-2)20-15-11-8-12-16-20/h7-16H,3-6,17-18H2,1-2H3. The van der Waals surface area contributed by atoms with Gasteiger partial charge in [0.1, 0.15) is 0 Å². The lowest BCUT2D eigenvalue weighted by Crippen LogP contribution is -2.18. The van der Waals surface area contributed by atoms with E-state index in [0.717, 1.165) is 61.3 Å². The Morgan fingerprint density at radius 2 is 1.00 bits per heavy atom. The van der Waals surface area contributed by atoms with Gasteiger partial charge in [0.25, 0.3) is 0 Å². The van der Waals surface area contributed by atoms with E-state index >= 15 is 0 Å². The van der Waals surface area contributed by atoms with Crippen LogP contribution in [-0.4, -0.2) is 24.5 Å². The van der Waals surface area contributed by atoms with Crippen molar-refractivity contribution < 1.29 is 0 Å². The molecule has 0 aromatic heterocycles. The molecule has 0 aliphatic rings. The average molecular weight is 320 g/mol. The smallest absolute Gasteiger partial charge is 0.0904 e. The molecule has 0 aliphatic heterocycles. The van der Waals surface area contributed by atoms with Crippen molar-refractivity contribution in [1.29, 1.82) is 0 Å². The third-order valence-corrected chi connectivity index (χ3v) is 3.88. The minimum absolute atomic E-state index is 0.848. The van der Waals surface area contributed by atoms with Crippen molar-refractivity contribution in [3.63, 3.8) is 0 Å². The minimum Gasteiger partial charge on any atom is -0.282 e. The van der Waals surface area contributed by atoms with Crippen molar-refractivity contribution >= 4 is 11.4 Å². The number of hydrogen-bond donors (Lipinski definition) is 0. The van der Waals surface area contributed by atoms with Crippen molar-refractivity contribution in [2.75, 3.05) is 13.1 Å². The first-order chi connectivity index (χ1) is 11.9. The van der Waals surface area contributed by atoms with E-state index < -0.39 is 0 Å². The summed E-state index contributed by atoms with van der Waals surface area (Å²) in [4.78, 5) is 9.85. The Morgan fingerprint density at radius 3 is 1.33 bits per heavy atom.